The first kappa shape index (κ1) is 88.2. The Morgan fingerprint density at radius 2 is 1.17 bits per heavy atom. The number of H-pyrrole nitrogens is 2. The average molecular weight is 1360 g/mol. The number of aromatic amines is 2. The van der Waals surface area contributed by atoms with E-state index in [0.29, 0.717) is 5.82 Å². The molecule has 0 aromatic carbocycles. The van der Waals surface area contributed by atoms with Crippen molar-refractivity contribution in [3.05, 3.63) is 142 Å². The Bertz CT molecular complexity index is 3630. The molecule has 0 radical (unpaired) electrons. The largest absolute Gasteiger partial charge is 0.458 e. The summed E-state index contributed by atoms with van der Waals surface area (Å²) in [5, 5.41) is 10.7. The number of nitrogens with zero attached hydrogens (tertiary/aromatic N) is 8. The van der Waals surface area contributed by atoms with Gasteiger partial charge < -0.3 is 19.1 Å². The summed E-state index contributed by atoms with van der Waals surface area (Å²) in [5.41, 5.74) is 11.5. The van der Waals surface area contributed by atoms with Gasteiger partial charge in [0.1, 0.15) is 34.7 Å². The van der Waals surface area contributed by atoms with E-state index in [0.717, 1.165) is 96.0 Å². The number of amides is 1. The van der Waals surface area contributed by atoms with Gasteiger partial charge in [0.15, 0.2) is 5.82 Å². The van der Waals surface area contributed by atoms with E-state index in [1.54, 1.807) is 36.0 Å². The Labute approximate surface area is 602 Å². The lowest BCUT2D eigenvalue weighted by Crippen LogP contribution is -2.46. The van der Waals surface area contributed by atoms with Crippen molar-refractivity contribution >= 4 is 52.7 Å². The molecule has 5 aliphatic heterocycles. The molecule has 14 nitrogen and oxygen atoms in total. The van der Waals surface area contributed by atoms with Crippen molar-refractivity contribution in [2.75, 3.05) is 19.6 Å². The smallest absolute Gasteiger partial charge is 0.330 e. The second-order valence-electron chi connectivity index (χ2n) is 33.2. The van der Waals surface area contributed by atoms with Crippen molar-refractivity contribution in [3.63, 3.8) is 0 Å². The van der Waals surface area contributed by atoms with Gasteiger partial charge in [0.25, 0.3) is 0 Å². The molecule has 99 heavy (non-hydrogen) atoms. The monoisotopic (exact) mass is 1360 g/mol. The number of aliphatic imine (C=N–C) groups is 3. The summed E-state index contributed by atoms with van der Waals surface area (Å²) in [6.07, 6.45) is 47.4. The molecule has 9 heterocycles. The first-order valence-electron chi connectivity index (χ1n) is 33.6. The number of nitrogens with one attached hydrogen (secondary N) is 2. The van der Waals surface area contributed by atoms with E-state index in [1.165, 1.54) is 22.1 Å². The number of imidazole rings is 1. The van der Waals surface area contributed by atoms with Crippen LogP contribution in [0.15, 0.2) is 116 Å². The Kier molecular flexibility index (Phi) is 33.8. The minimum atomic E-state index is -0.212. The van der Waals surface area contributed by atoms with Gasteiger partial charge in [-0.05, 0) is 108 Å². The Balaban J connectivity index is 0.000000557. The number of hydrogen-bond donors (Lipinski definition) is 2. The van der Waals surface area contributed by atoms with Crippen LogP contribution < -0.4 is 0 Å². The minimum absolute atomic E-state index is 0.0259. The van der Waals surface area contributed by atoms with Gasteiger partial charge in [-0.2, -0.15) is 9.47 Å². The third kappa shape index (κ3) is 32.2. The Hall–Kier alpha value is -8.81. The van der Waals surface area contributed by atoms with Gasteiger partial charge in [-0.25, -0.2) is 14.8 Å². The van der Waals surface area contributed by atoms with Gasteiger partial charge in [0, 0.05) is 81.2 Å². The number of esters is 1. The number of rotatable bonds is 2. The molecular formula is C84H118N10O4S. The van der Waals surface area contributed by atoms with Crippen LogP contribution in [0.4, 0.5) is 0 Å². The van der Waals surface area contributed by atoms with Gasteiger partial charge in [-0.3, -0.25) is 19.9 Å². The summed E-state index contributed by atoms with van der Waals surface area (Å²) < 4.78 is 14.4. The van der Waals surface area contributed by atoms with Gasteiger partial charge in [0.05, 0.1) is 30.2 Å². The van der Waals surface area contributed by atoms with Gasteiger partial charge in [-0.15, -0.1) is 32.1 Å². The van der Waals surface area contributed by atoms with Crippen LogP contribution in [0.1, 0.15) is 251 Å². The lowest BCUT2D eigenvalue weighted by atomic mass is 9.84. The third-order valence-corrected chi connectivity index (χ3v) is 16.1. The highest BCUT2D eigenvalue weighted by molar-refractivity contribution is 7.06. The molecule has 1 atom stereocenters. The molecule has 1 amide bonds. The summed E-state index contributed by atoms with van der Waals surface area (Å²) in [4.78, 5) is 45.1. The zero-order valence-corrected chi connectivity index (χ0v) is 66.1. The molecule has 5 aliphatic rings. The molecule has 0 spiro atoms. The molecule has 2 N–H and O–H groups in total. The van der Waals surface area contributed by atoms with Crippen molar-refractivity contribution in [1.29, 1.82) is 0 Å². The molecule has 0 saturated heterocycles. The second-order valence-corrected chi connectivity index (χ2v) is 34.0. The highest BCUT2D eigenvalue weighted by Gasteiger charge is 2.30. The fourth-order valence-electron chi connectivity index (χ4n) is 8.72. The summed E-state index contributed by atoms with van der Waals surface area (Å²) in [6.45, 7) is 66.8. The number of allylic oxidation sites excluding steroid dienone is 4. The molecule has 0 bridgehead atoms. The quantitative estimate of drug-likeness (QED) is 0.147. The summed E-state index contributed by atoms with van der Waals surface area (Å²) in [5.74, 6) is 14.2. The van der Waals surface area contributed by atoms with Crippen molar-refractivity contribution in [1.82, 2.24) is 34.6 Å². The van der Waals surface area contributed by atoms with Crippen molar-refractivity contribution in [2.24, 2.45) is 36.6 Å². The predicted molar refractivity (Wildman–Crippen MR) is 421 cm³/mol. The lowest BCUT2D eigenvalue weighted by molar-refractivity contribution is -0.149. The molecule has 0 aliphatic carbocycles. The topological polar surface area (TPSA) is 180 Å². The highest BCUT2D eigenvalue weighted by atomic mass is 32.1. The van der Waals surface area contributed by atoms with E-state index in [4.69, 9.17) is 41.4 Å². The molecular weight excluding hydrogens is 1250 g/mol. The predicted octanol–water partition coefficient (Wildman–Crippen LogP) is 19.0. The molecule has 0 fully saturated rings. The van der Waals surface area contributed by atoms with Gasteiger partial charge in [0.2, 0.25) is 5.91 Å². The Morgan fingerprint density at radius 3 is 1.44 bits per heavy atom. The summed E-state index contributed by atoms with van der Waals surface area (Å²) >= 11 is 1.56. The molecule has 15 heteroatoms. The standard InChI is InChI=1S/3C10H13N.2C9H12N2.C9H15NO.C9H13NO.C9H13NS.C9H14O2/c2*1-5-9-8(6-7-11-9)10(2,3)4;1-5-8-6-7-9(11-8)10(2,3)4;1-5-8-10-6-7(11-8)9(2,3)4;1-5-7-6-8(11-10-7)9(2,3)4;1-9(2,3)10-7-5-4-6-8(10)11;2*1-5-7-6-8(11-10-7)9(2,3)4;1-9(2,3)7-5-4-6-8(10)11-7/h2*1,6H,7H2,2-4H3;1,7H,6H2,2-4H3;2*1,6H,2-4H3,(H,10,11);4,6H,5,7H2,1-3H3;2*5-6H,1H2,2-4H3;4,6-7H,5H2,1-3H3. The van der Waals surface area contributed by atoms with Crippen molar-refractivity contribution in [2.45, 2.75) is 240 Å². The molecule has 534 valence electrons. The molecule has 4 aromatic rings. The van der Waals surface area contributed by atoms with E-state index in [2.05, 4.69) is 299 Å². The molecule has 0 saturated carbocycles. The SMILES string of the molecule is C#CC1=NC(C(C)(C)C)=CC1.C#CC1=NCC=C1C(C)(C)C.C#CC1=NCC=C1C(C)(C)C.C#Cc1cc(C(C)(C)C)n[nH]1.C#Cc1ncc(C(C)(C)C)[nH]1.C=Cc1cc(C(C)(C)C)on1.C=Cc1cc(C(C)(C)C)sn1.CC(C)(C)C1CC=CC(=O)O1.CC(C)(C)N1CCC=CC1=O. The number of aromatic nitrogens is 6. The normalized spacial score (nSPS) is 15.7. The number of hydrogen-bond acceptors (Lipinski definition) is 12. The van der Waals surface area contributed by atoms with E-state index in [-0.39, 0.29) is 66.8 Å². The number of ether oxygens (including phenoxy) is 1. The third-order valence-electron chi connectivity index (χ3n) is 14.8. The molecule has 4 aromatic heterocycles. The molecule has 1 unspecified atom stereocenters. The maximum Gasteiger partial charge on any atom is 0.330 e. The van der Waals surface area contributed by atoms with Gasteiger partial charge in [-0.1, -0.05) is 239 Å². The van der Waals surface area contributed by atoms with Crippen LogP contribution in [-0.4, -0.2) is 94.9 Å². The number of carbonyl (C=O) groups is 2. The molecule has 9 rings (SSSR count). The van der Waals surface area contributed by atoms with E-state index >= 15 is 0 Å². The first-order chi connectivity index (χ1) is 45.3. The fourth-order valence-corrected chi connectivity index (χ4v) is 9.50. The Morgan fingerprint density at radius 1 is 0.616 bits per heavy atom. The van der Waals surface area contributed by atoms with E-state index in [1.807, 2.05) is 29.2 Å². The zero-order valence-electron chi connectivity index (χ0n) is 65.2. The second kappa shape index (κ2) is 38.0. The average Bonchev–Trinajstić information content (AvgIpc) is 1.44. The lowest BCUT2D eigenvalue weighted by Gasteiger charge is -2.36. The fraction of sp³-hybridized carbons (Fsp3) is 0.512. The van der Waals surface area contributed by atoms with E-state index in [9.17, 15) is 9.59 Å². The van der Waals surface area contributed by atoms with Crippen LogP contribution in [0, 0.1) is 83.4 Å². The number of cyclic esters (lactones) is 1. The van der Waals surface area contributed by atoms with Crippen LogP contribution in [0.3, 0.4) is 0 Å². The van der Waals surface area contributed by atoms with Crippen LogP contribution >= 0.6 is 11.5 Å². The zero-order chi connectivity index (χ0) is 76.3. The maximum absolute atomic E-state index is 11.3. The van der Waals surface area contributed by atoms with Crippen molar-refractivity contribution < 1.29 is 18.8 Å². The van der Waals surface area contributed by atoms with Crippen LogP contribution in [-0.2, 0) is 36.0 Å². The maximum atomic E-state index is 11.3. The van der Waals surface area contributed by atoms with Crippen LogP contribution in [0.2, 0.25) is 0 Å². The number of carbonyl (C=O) groups excluding carboxylic acids is 2. The van der Waals surface area contributed by atoms with Crippen molar-refractivity contribution in [3.8, 4) is 61.7 Å². The van der Waals surface area contributed by atoms with Gasteiger partial charge >= 0.3 is 5.97 Å². The minimum Gasteiger partial charge on any atom is -0.458 e. The first-order valence-corrected chi connectivity index (χ1v) is 34.4. The number of terminal acetylenes is 5. The van der Waals surface area contributed by atoms with E-state index < -0.39 is 0 Å². The summed E-state index contributed by atoms with van der Waals surface area (Å²) in [7, 11) is 0. The highest BCUT2D eigenvalue weighted by Crippen LogP contribution is 2.33. The summed E-state index contributed by atoms with van der Waals surface area (Å²) in [6, 6.07) is 5.91. The van der Waals surface area contributed by atoms with Crippen LogP contribution in [0.5, 0.6) is 0 Å². The van der Waals surface area contributed by atoms with Crippen LogP contribution in [0.25, 0.3) is 12.2 Å².